The number of benzene rings is 6. The zero-order valence-corrected chi connectivity index (χ0v) is 26.0. The van der Waals surface area contributed by atoms with Gasteiger partial charge in [0.1, 0.15) is 0 Å². The standard InChI is InChI=1S/C44H28N4/c1-2-10-36-27-37(22-13-29(36)7-1)41-28-40(32-14-16-33(17-15-32)42-38-11-5-3-8-30(38)23-25-45-42)47-44(48-41)35-20-18-34(19-21-35)43-39-12-6-4-9-31(39)24-26-46-43/h1-28H. The molecule has 0 N–H and O–H groups in total. The highest BCUT2D eigenvalue weighted by atomic mass is 14.9. The van der Waals surface area contributed by atoms with Gasteiger partial charge in [-0.05, 0) is 45.8 Å². The lowest BCUT2D eigenvalue weighted by Gasteiger charge is -2.12. The van der Waals surface area contributed by atoms with Crippen molar-refractivity contribution in [3.05, 3.63) is 170 Å². The summed E-state index contributed by atoms with van der Waals surface area (Å²) in [5.41, 5.74) is 8.80. The number of nitrogens with zero attached hydrogens (tertiary/aromatic N) is 4. The highest BCUT2D eigenvalue weighted by molar-refractivity contribution is 5.96. The predicted octanol–water partition coefficient (Wildman–Crippen LogP) is 11.1. The van der Waals surface area contributed by atoms with Gasteiger partial charge in [0.15, 0.2) is 5.82 Å². The topological polar surface area (TPSA) is 51.6 Å². The van der Waals surface area contributed by atoms with Gasteiger partial charge in [-0.15, -0.1) is 0 Å². The molecule has 3 heterocycles. The summed E-state index contributed by atoms with van der Waals surface area (Å²) in [5, 5.41) is 6.99. The third-order valence-corrected chi connectivity index (χ3v) is 8.99. The first-order chi connectivity index (χ1) is 23.8. The molecule has 0 aliphatic rings. The minimum atomic E-state index is 0.674. The van der Waals surface area contributed by atoms with Gasteiger partial charge in [0.05, 0.1) is 22.8 Å². The van der Waals surface area contributed by atoms with Crippen LogP contribution in [-0.2, 0) is 0 Å². The summed E-state index contributed by atoms with van der Waals surface area (Å²) in [6.45, 7) is 0. The van der Waals surface area contributed by atoms with Crippen LogP contribution in [-0.4, -0.2) is 19.9 Å². The van der Waals surface area contributed by atoms with Crippen molar-refractivity contribution in [1.29, 1.82) is 0 Å². The van der Waals surface area contributed by atoms with Crippen LogP contribution < -0.4 is 0 Å². The molecule has 6 aromatic carbocycles. The maximum absolute atomic E-state index is 5.12. The van der Waals surface area contributed by atoms with Crippen LogP contribution in [0, 0.1) is 0 Å². The third kappa shape index (κ3) is 5.06. The molecule has 4 heteroatoms. The Morgan fingerprint density at radius 1 is 0.312 bits per heavy atom. The number of aromatic nitrogens is 4. The van der Waals surface area contributed by atoms with Gasteiger partial charge < -0.3 is 0 Å². The van der Waals surface area contributed by atoms with Gasteiger partial charge in [-0.1, -0.05) is 133 Å². The first-order valence-corrected chi connectivity index (χ1v) is 16.0. The average molecular weight is 613 g/mol. The molecule has 0 atom stereocenters. The number of rotatable bonds is 5. The van der Waals surface area contributed by atoms with Crippen molar-refractivity contribution in [2.24, 2.45) is 0 Å². The molecule has 48 heavy (non-hydrogen) atoms. The van der Waals surface area contributed by atoms with Crippen molar-refractivity contribution in [2.75, 3.05) is 0 Å². The van der Waals surface area contributed by atoms with E-state index >= 15 is 0 Å². The van der Waals surface area contributed by atoms with Crippen molar-refractivity contribution in [2.45, 2.75) is 0 Å². The molecule has 0 spiro atoms. The fourth-order valence-electron chi connectivity index (χ4n) is 6.50. The van der Waals surface area contributed by atoms with E-state index in [9.17, 15) is 0 Å². The van der Waals surface area contributed by atoms with Crippen molar-refractivity contribution < 1.29 is 0 Å². The monoisotopic (exact) mass is 612 g/mol. The normalized spacial score (nSPS) is 11.3. The summed E-state index contributed by atoms with van der Waals surface area (Å²) in [6, 6.07) is 54.8. The van der Waals surface area contributed by atoms with E-state index in [0.717, 1.165) is 61.4 Å². The van der Waals surface area contributed by atoms with Crippen molar-refractivity contribution >= 4 is 32.3 Å². The van der Waals surface area contributed by atoms with E-state index in [-0.39, 0.29) is 0 Å². The summed E-state index contributed by atoms with van der Waals surface area (Å²) in [7, 11) is 0. The van der Waals surface area contributed by atoms with Gasteiger partial charge in [-0.3, -0.25) is 9.97 Å². The minimum absolute atomic E-state index is 0.674. The van der Waals surface area contributed by atoms with E-state index in [0.29, 0.717) is 5.82 Å². The third-order valence-electron chi connectivity index (χ3n) is 8.99. The smallest absolute Gasteiger partial charge is 0.160 e. The average Bonchev–Trinajstić information content (AvgIpc) is 3.17. The Morgan fingerprint density at radius 3 is 1.38 bits per heavy atom. The van der Waals surface area contributed by atoms with Gasteiger partial charge in [0.2, 0.25) is 0 Å². The fraction of sp³-hybridized carbons (Fsp3) is 0. The lowest BCUT2D eigenvalue weighted by atomic mass is 10.00. The lowest BCUT2D eigenvalue weighted by molar-refractivity contribution is 1.18. The minimum Gasteiger partial charge on any atom is -0.256 e. The largest absolute Gasteiger partial charge is 0.256 e. The Bertz CT molecular complexity index is 2460. The Balaban J connectivity index is 1.14. The molecular weight excluding hydrogens is 585 g/mol. The van der Waals surface area contributed by atoms with E-state index in [4.69, 9.17) is 19.9 Å². The molecular formula is C44H28N4. The van der Waals surface area contributed by atoms with E-state index in [1.165, 1.54) is 21.5 Å². The Hall–Kier alpha value is -6.52. The molecule has 0 amide bonds. The molecule has 224 valence electrons. The second kappa shape index (κ2) is 11.7. The van der Waals surface area contributed by atoms with Crippen molar-refractivity contribution in [1.82, 2.24) is 19.9 Å². The summed E-state index contributed by atoms with van der Waals surface area (Å²) in [5.74, 6) is 0.674. The second-order valence-electron chi connectivity index (χ2n) is 11.9. The first kappa shape index (κ1) is 27.8. The number of hydrogen-bond acceptors (Lipinski definition) is 4. The van der Waals surface area contributed by atoms with Gasteiger partial charge in [0.25, 0.3) is 0 Å². The molecule has 9 aromatic rings. The second-order valence-corrected chi connectivity index (χ2v) is 11.9. The van der Waals surface area contributed by atoms with Crippen LogP contribution in [0.3, 0.4) is 0 Å². The zero-order chi connectivity index (χ0) is 31.9. The Kier molecular flexibility index (Phi) is 6.76. The molecule has 0 radical (unpaired) electrons. The number of hydrogen-bond donors (Lipinski definition) is 0. The van der Waals surface area contributed by atoms with Gasteiger partial charge in [-0.2, -0.15) is 0 Å². The fourth-order valence-corrected chi connectivity index (χ4v) is 6.50. The van der Waals surface area contributed by atoms with E-state index < -0.39 is 0 Å². The first-order valence-electron chi connectivity index (χ1n) is 16.0. The number of pyridine rings is 2. The van der Waals surface area contributed by atoms with E-state index in [1.54, 1.807) is 0 Å². The summed E-state index contributed by atoms with van der Waals surface area (Å²) >= 11 is 0. The van der Waals surface area contributed by atoms with E-state index in [1.807, 2.05) is 18.5 Å². The van der Waals surface area contributed by atoms with Gasteiger partial charge in [0, 0.05) is 51.0 Å². The van der Waals surface area contributed by atoms with Gasteiger partial charge in [-0.25, -0.2) is 9.97 Å². The highest BCUT2D eigenvalue weighted by Crippen LogP contribution is 2.33. The van der Waals surface area contributed by atoms with Crippen LogP contribution in [0.2, 0.25) is 0 Å². The summed E-state index contributed by atoms with van der Waals surface area (Å²) in [4.78, 5) is 19.7. The molecule has 0 saturated carbocycles. The van der Waals surface area contributed by atoms with Gasteiger partial charge >= 0.3 is 0 Å². The predicted molar refractivity (Wildman–Crippen MR) is 197 cm³/mol. The van der Waals surface area contributed by atoms with Crippen molar-refractivity contribution in [3.8, 4) is 56.4 Å². The quantitative estimate of drug-likeness (QED) is 0.194. The molecule has 0 fully saturated rings. The van der Waals surface area contributed by atoms with Crippen LogP contribution in [0.25, 0.3) is 88.7 Å². The molecule has 0 aliphatic heterocycles. The maximum atomic E-state index is 5.12. The van der Waals surface area contributed by atoms with Crippen LogP contribution in [0.15, 0.2) is 170 Å². The molecule has 0 saturated heterocycles. The zero-order valence-electron chi connectivity index (χ0n) is 26.0. The van der Waals surface area contributed by atoms with Crippen LogP contribution >= 0.6 is 0 Å². The maximum Gasteiger partial charge on any atom is 0.160 e. The van der Waals surface area contributed by atoms with Crippen LogP contribution in [0.1, 0.15) is 0 Å². The lowest BCUT2D eigenvalue weighted by Crippen LogP contribution is -1.96. The number of fused-ring (bicyclic) bond motifs is 3. The van der Waals surface area contributed by atoms with Crippen molar-refractivity contribution in [3.63, 3.8) is 0 Å². The molecule has 3 aromatic heterocycles. The van der Waals surface area contributed by atoms with Crippen LogP contribution in [0.5, 0.6) is 0 Å². The molecule has 4 nitrogen and oxygen atoms in total. The Morgan fingerprint density at radius 2 is 0.771 bits per heavy atom. The highest BCUT2D eigenvalue weighted by Gasteiger charge is 2.13. The van der Waals surface area contributed by atoms with E-state index in [2.05, 4.69) is 152 Å². The molecule has 0 unspecified atom stereocenters. The summed E-state index contributed by atoms with van der Waals surface area (Å²) in [6.07, 6.45) is 3.75. The Labute approximate surface area is 278 Å². The summed E-state index contributed by atoms with van der Waals surface area (Å²) < 4.78 is 0. The SMILES string of the molecule is c1ccc2cc(-c3cc(-c4ccc(-c5nccc6ccccc56)cc4)nc(-c4ccc(-c5nccc6ccccc56)cc4)n3)ccc2c1. The molecule has 0 aliphatic carbocycles. The molecule has 0 bridgehead atoms. The van der Waals surface area contributed by atoms with Crippen LogP contribution in [0.4, 0.5) is 0 Å². The molecule has 9 rings (SSSR count).